The molecule has 0 spiro atoms. The molecule has 8 heteroatoms. The molecule has 0 unspecified atom stereocenters. The lowest BCUT2D eigenvalue weighted by atomic mass is 10.1. The third kappa shape index (κ3) is 2.86. The monoisotopic (exact) mass is 275 g/mol. The molecule has 2 rings (SSSR count). The van der Waals surface area contributed by atoms with E-state index in [-0.39, 0.29) is 16.9 Å². The first-order valence-corrected chi connectivity index (χ1v) is 5.52. The van der Waals surface area contributed by atoms with Gasteiger partial charge in [0, 0.05) is 23.3 Å². The van der Waals surface area contributed by atoms with Gasteiger partial charge < -0.3 is 5.11 Å². The summed E-state index contributed by atoms with van der Waals surface area (Å²) in [6.45, 7) is 0. The Balaban J connectivity index is 2.47. The van der Waals surface area contributed by atoms with Crippen LogP contribution in [0.2, 0.25) is 0 Å². The van der Waals surface area contributed by atoms with Crippen molar-refractivity contribution in [1.29, 1.82) is 0 Å². The summed E-state index contributed by atoms with van der Waals surface area (Å²) in [5.74, 6) is -1.15. The molecule has 1 aromatic heterocycles. The van der Waals surface area contributed by atoms with Crippen molar-refractivity contribution in [2.45, 2.75) is 6.42 Å². The number of hydrogen-bond donors (Lipinski definition) is 2. The molecule has 0 atom stereocenters. The van der Waals surface area contributed by atoms with E-state index in [9.17, 15) is 19.7 Å². The van der Waals surface area contributed by atoms with Gasteiger partial charge in [0.05, 0.1) is 17.0 Å². The predicted molar refractivity (Wildman–Crippen MR) is 68.3 cm³/mol. The van der Waals surface area contributed by atoms with Crippen LogP contribution in [0, 0.1) is 10.1 Å². The highest BCUT2D eigenvalue weighted by Crippen LogP contribution is 2.21. The van der Waals surface area contributed by atoms with Crippen molar-refractivity contribution in [3.8, 4) is 11.3 Å². The number of nitro groups is 1. The summed E-state index contributed by atoms with van der Waals surface area (Å²) < 4.78 is 0. The number of hydrogen-bond acceptors (Lipinski definition) is 5. The van der Waals surface area contributed by atoms with Gasteiger partial charge in [0.25, 0.3) is 11.2 Å². The van der Waals surface area contributed by atoms with Crippen molar-refractivity contribution in [1.82, 2.24) is 10.2 Å². The molecular weight excluding hydrogens is 266 g/mol. The fourth-order valence-electron chi connectivity index (χ4n) is 1.67. The van der Waals surface area contributed by atoms with E-state index in [1.54, 1.807) is 6.07 Å². The average molecular weight is 275 g/mol. The van der Waals surface area contributed by atoms with Gasteiger partial charge in [-0.3, -0.25) is 19.7 Å². The molecule has 20 heavy (non-hydrogen) atoms. The number of nitro benzene ring substituents is 1. The van der Waals surface area contributed by atoms with E-state index in [4.69, 9.17) is 5.11 Å². The SMILES string of the molecule is O=C(O)Cc1cc(-c2cccc([N+](=O)[O-])c2)n[nH]c1=O. The first-order valence-electron chi connectivity index (χ1n) is 5.52. The van der Waals surface area contributed by atoms with Crippen molar-refractivity contribution < 1.29 is 14.8 Å². The molecule has 1 heterocycles. The number of aromatic amines is 1. The zero-order valence-electron chi connectivity index (χ0n) is 10.1. The Labute approximate surface area is 111 Å². The van der Waals surface area contributed by atoms with Crippen molar-refractivity contribution in [3.05, 3.63) is 56.4 Å². The minimum atomic E-state index is -1.15. The summed E-state index contributed by atoms with van der Waals surface area (Å²) in [6.07, 6.45) is -0.445. The number of carboxylic acids is 1. The lowest BCUT2D eigenvalue weighted by Crippen LogP contribution is -2.17. The summed E-state index contributed by atoms with van der Waals surface area (Å²) in [7, 11) is 0. The molecule has 0 aliphatic rings. The molecular formula is C12H9N3O5. The van der Waals surface area contributed by atoms with Gasteiger partial charge in [-0.05, 0) is 6.07 Å². The Morgan fingerprint density at radius 1 is 1.40 bits per heavy atom. The molecule has 102 valence electrons. The molecule has 0 radical (unpaired) electrons. The Morgan fingerprint density at radius 3 is 2.80 bits per heavy atom. The highest BCUT2D eigenvalue weighted by Gasteiger charge is 2.11. The number of carboxylic acid groups (broad SMARTS) is 1. The molecule has 8 nitrogen and oxygen atoms in total. The topological polar surface area (TPSA) is 126 Å². The van der Waals surface area contributed by atoms with Gasteiger partial charge in [-0.1, -0.05) is 12.1 Å². The summed E-state index contributed by atoms with van der Waals surface area (Å²) in [5, 5.41) is 25.4. The maximum atomic E-state index is 11.4. The highest BCUT2D eigenvalue weighted by molar-refractivity contribution is 5.71. The number of rotatable bonds is 4. The number of nitrogens with zero attached hydrogens (tertiary/aromatic N) is 2. The Hall–Kier alpha value is -3.03. The quantitative estimate of drug-likeness (QED) is 0.632. The third-order valence-electron chi connectivity index (χ3n) is 2.57. The molecule has 2 aromatic rings. The number of H-pyrrole nitrogens is 1. The van der Waals surface area contributed by atoms with Gasteiger partial charge in [-0.15, -0.1) is 0 Å². The second-order valence-electron chi connectivity index (χ2n) is 3.99. The van der Waals surface area contributed by atoms with Gasteiger partial charge in [-0.2, -0.15) is 5.10 Å². The molecule has 0 saturated carbocycles. The van der Waals surface area contributed by atoms with Crippen LogP contribution in [0.4, 0.5) is 5.69 Å². The highest BCUT2D eigenvalue weighted by atomic mass is 16.6. The Kier molecular flexibility index (Phi) is 3.56. The van der Waals surface area contributed by atoms with E-state index in [2.05, 4.69) is 10.2 Å². The van der Waals surface area contributed by atoms with Crippen LogP contribution >= 0.6 is 0 Å². The number of carbonyl (C=O) groups is 1. The lowest BCUT2D eigenvalue weighted by Gasteiger charge is -2.02. The molecule has 0 aliphatic heterocycles. The predicted octanol–water partition coefficient (Wildman–Crippen LogP) is 0.972. The van der Waals surface area contributed by atoms with Crippen LogP contribution in [0.3, 0.4) is 0 Å². The molecule has 2 N–H and O–H groups in total. The number of benzene rings is 1. The van der Waals surface area contributed by atoms with E-state index in [0.717, 1.165) is 0 Å². The maximum absolute atomic E-state index is 11.4. The zero-order valence-corrected chi connectivity index (χ0v) is 10.1. The molecule has 0 amide bonds. The molecule has 1 aromatic carbocycles. The molecule has 0 aliphatic carbocycles. The van der Waals surface area contributed by atoms with Crippen LogP contribution < -0.4 is 5.56 Å². The Bertz CT molecular complexity index is 738. The van der Waals surface area contributed by atoms with E-state index < -0.39 is 22.9 Å². The first kappa shape index (κ1) is 13.4. The zero-order chi connectivity index (χ0) is 14.7. The number of aliphatic carboxylic acids is 1. The van der Waals surface area contributed by atoms with Gasteiger partial charge >= 0.3 is 5.97 Å². The van der Waals surface area contributed by atoms with Crippen molar-refractivity contribution in [3.63, 3.8) is 0 Å². The van der Waals surface area contributed by atoms with E-state index in [1.807, 2.05) is 0 Å². The minimum absolute atomic E-state index is 0.0361. The smallest absolute Gasteiger partial charge is 0.308 e. The van der Waals surface area contributed by atoms with Crippen LogP contribution in [0.15, 0.2) is 35.1 Å². The van der Waals surface area contributed by atoms with Crippen molar-refractivity contribution >= 4 is 11.7 Å². The largest absolute Gasteiger partial charge is 0.481 e. The molecule has 0 bridgehead atoms. The fraction of sp³-hybridized carbons (Fsp3) is 0.0833. The van der Waals surface area contributed by atoms with Crippen molar-refractivity contribution in [2.75, 3.05) is 0 Å². The normalized spacial score (nSPS) is 10.2. The summed E-state index contributed by atoms with van der Waals surface area (Å²) in [4.78, 5) is 32.2. The maximum Gasteiger partial charge on any atom is 0.308 e. The van der Waals surface area contributed by atoms with Crippen LogP contribution in [-0.2, 0) is 11.2 Å². The van der Waals surface area contributed by atoms with E-state index in [1.165, 1.54) is 24.3 Å². The lowest BCUT2D eigenvalue weighted by molar-refractivity contribution is -0.384. The standard InChI is InChI=1S/C12H9N3O5/c16-11(17)6-8-5-10(13-14-12(8)18)7-2-1-3-9(4-7)15(19)20/h1-5H,6H2,(H,14,18)(H,16,17). The van der Waals surface area contributed by atoms with Crippen LogP contribution in [0.1, 0.15) is 5.56 Å². The Morgan fingerprint density at radius 2 is 2.15 bits per heavy atom. The second kappa shape index (κ2) is 5.31. The molecule has 0 saturated heterocycles. The van der Waals surface area contributed by atoms with Crippen LogP contribution in [0.25, 0.3) is 11.3 Å². The van der Waals surface area contributed by atoms with E-state index in [0.29, 0.717) is 5.56 Å². The van der Waals surface area contributed by atoms with E-state index >= 15 is 0 Å². The number of nitrogens with one attached hydrogen (secondary N) is 1. The summed E-state index contributed by atoms with van der Waals surface area (Å²) in [5.41, 5.74) is 0.0116. The third-order valence-corrected chi connectivity index (χ3v) is 2.57. The summed E-state index contributed by atoms with van der Waals surface area (Å²) >= 11 is 0. The van der Waals surface area contributed by atoms with Gasteiger partial charge in [0.1, 0.15) is 0 Å². The van der Waals surface area contributed by atoms with Crippen LogP contribution in [-0.4, -0.2) is 26.2 Å². The summed E-state index contributed by atoms with van der Waals surface area (Å²) in [6, 6.07) is 7.00. The fourth-order valence-corrected chi connectivity index (χ4v) is 1.67. The minimum Gasteiger partial charge on any atom is -0.481 e. The van der Waals surface area contributed by atoms with Gasteiger partial charge in [0.2, 0.25) is 0 Å². The number of non-ortho nitro benzene ring substituents is 1. The van der Waals surface area contributed by atoms with Crippen LogP contribution in [0.5, 0.6) is 0 Å². The number of aromatic nitrogens is 2. The van der Waals surface area contributed by atoms with Gasteiger partial charge in [0.15, 0.2) is 0 Å². The van der Waals surface area contributed by atoms with Crippen molar-refractivity contribution in [2.24, 2.45) is 0 Å². The average Bonchev–Trinajstić information content (AvgIpc) is 2.41. The second-order valence-corrected chi connectivity index (χ2v) is 3.99. The first-order chi connectivity index (χ1) is 9.47. The van der Waals surface area contributed by atoms with Gasteiger partial charge in [-0.25, -0.2) is 5.10 Å². The molecule has 0 fully saturated rings.